The third kappa shape index (κ3) is 3.60. The van der Waals surface area contributed by atoms with E-state index in [0.717, 1.165) is 28.5 Å². The summed E-state index contributed by atoms with van der Waals surface area (Å²) in [6, 6.07) is 13.9. The van der Waals surface area contributed by atoms with E-state index >= 15 is 0 Å². The van der Waals surface area contributed by atoms with Crippen molar-refractivity contribution in [3.05, 3.63) is 59.9 Å². The van der Waals surface area contributed by atoms with Crippen LogP contribution in [-0.2, 0) is 4.79 Å². The van der Waals surface area contributed by atoms with Crippen LogP contribution in [0.15, 0.2) is 54.4 Å². The van der Waals surface area contributed by atoms with E-state index in [1.807, 2.05) is 49.5 Å². The molecule has 7 N–H and O–H groups in total. The van der Waals surface area contributed by atoms with Crippen molar-refractivity contribution in [2.75, 3.05) is 19.3 Å². The van der Waals surface area contributed by atoms with Crippen LogP contribution in [0.2, 0.25) is 0 Å². The summed E-state index contributed by atoms with van der Waals surface area (Å²) in [7, 11) is 1.73. The van der Waals surface area contributed by atoms with Crippen molar-refractivity contribution < 1.29 is 4.79 Å². The number of hydrogen-bond donors (Lipinski definition) is 5. The van der Waals surface area contributed by atoms with Gasteiger partial charge >= 0.3 is 0 Å². The summed E-state index contributed by atoms with van der Waals surface area (Å²) < 4.78 is 0. The second-order valence-electron chi connectivity index (χ2n) is 6.34. The number of nitrogens with two attached hydrogens (primary N) is 2. The van der Waals surface area contributed by atoms with Crippen molar-refractivity contribution in [1.82, 2.24) is 15.6 Å². The Morgan fingerprint density at radius 3 is 2.74 bits per heavy atom. The number of rotatable bonds is 6. The van der Waals surface area contributed by atoms with Gasteiger partial charge in [-0.15, -0.1) is 0 Å². The molecule has 0 aliphatic carbocycles. The van der Waals surface area contributed by atoms with Gasteiger partial charge in [-0.05, 0) is 35.6 Å². The molecule has 140 valence electrons. The van der Waals surface area contributed by atoms with E-state index in [2.05, 4.69) is 21.7 Å². The van der Waals surface area contributed by atoms with Crippen LogP contribution in [0.25, 0.3) is 27.7 Å². The van der Waals surface area contributed by atoms with Crippen LogP contribution in [0, 0.1) is 0 Å². The van der Waals surface area contributed by atoms with Crippen molar-refractivity contribution in [3.63, 3.8) is 0 Å². The lowest BCUT2D eigenvalue weighted by atomic mass is 9.97. The molecule has 2 aromatic carbocycles. The molecule has 1 heterocycles. The average Bonchev–Trinajstić information content (AvgIpc) is 3.15. The van der Waals surface area contributed by atoms with Crippen molar-refractivity contribution in [1.29, 1.82) is 0 Å². The predicted molar refractivity (Wildman–Crippen MR) is 112 cm³/mol. The first-order valence-corrected chi connectivity index (χ1v) is 8.98. The number of carbonyl (C=O) groups excluding carboxylic acids is 1. The Labute approximate surface area is 158 Å². The molecule has 0 saturated carbocycles. The predicted octanol–water partition coefficient (Wildman–Crippen LogP) is 2.79. The number of anilines is 1. The second-order valence-corrected chi connectivity index (χ2v) is 6.34. The molecule has 1 aromatic heterocycles. The zero-order valence-electron chi connectivity index (χ0n) is 15.6. The number of amides is 1. The summed E-state index contributed by atoms with van der Waals surface area (Å²) in [5, 5.41) is 6.93. The Hall–Kier alpha value is -3.41. The maximum Gasteiger partial charge on any atom is 0.269 e. The second kappa shape index (κ2) is 7.86. The van der Waals surface area contributed by atoms with Gasteiger partial charge in [0.05, 0.1) is 5.70 Å². The summed E-state index contributed by atoms with van der Waals surface area (Å²) >= 11 is 0. The standard InChI is InChI=1S/C21H25N5O/c1-3-10-26-21(27)19(23)20(24-2)16-6-4-5-15(18(16)22)13-7-8-17-14(12-13)9-11-25-17/h4-9,11-12,24-25H,3,10,22-23H2,1-2H3,(H,26,27)/b20-19+. The molecule has 0 aliphatic heterocycles. The van der Waals surface area contributed by atoms with E-state index < -0.39 is 0 Å². The Morgan fingerprint density at radius 1 is 1.19 bits per heavy atom. The highest BCUT2D eigenvalue weighted by Gasteiger charge is 2.17. The molecule has 0 fully saturated rings. The smallest absolute Gasteiger partial charge is 0.269 e. The lowest BCUT2D eigenvalue weighted by molar-refractivity contribution is -0.117. The van der Waals surface area contributed by atoms with Gasteiger partial charge in [0.15, 0.2) is 0 Å². The van der Waals surface area contributed by atoms with Gasteiger partial charge in [0, 0.05) is 42.1 Å². The monoisotopic (exact) mass is 363 g/mol. The number of aromatic amines is 1. The number of nitrogen functional groups attached to an aromatic ring is 1. The van der Waals surface area contributed by atoms with Gasteiger partial charge in [-0.3, -0.25) is 4.79 Å². The van der Waals surface area contributed by atoms with Crippen LogP contribution in [0.3, 0.4) is 0 Å². The molecule has 27 heavy (non-hydrogen) atoms. The minimum atomic E-state index is -0.306. The molecule has 0 bridgehead atoms. The van der Waals surface area contributed by atoms with E-state index in [9.17, 15) is 4.79 Å². The van der Waals surface area contributed by atoms with Gasteiger partial charge in [0.1, 0.15) is 5.70 Å². The fraction of sp³-hybridized carbons (Fsp3) is 0.190. The third-order valence-corrected chi connectivity index (χ3v) is 4.54. The van der Waals surface area contributed by atoms with Crippen LogP contribution < -0.4 is 22.1 Å². The van der Waals surface area contributed by atoms with Crippen LogP contribution in [0.1, 0.15) is 18.9 Å². The highest BCUT2D eigenvalue weighted by Crippen LogP contribution is 2.33. The topological polar surface area (TPSA) is 109 Å². The molecule has 0 atom stereocenters. The Morgan fingerprint density at radius 2 is 2.00 bits per heavy atom. The number of H-pyrrole nitrogens is 1. The summed E-state index contributed by atoms with van der Waals surface area (Å²) in [5.41, 5.74) is 17.5. The van der Waals surface area contributed by atoms with Crippen molar-refractivity contribution in [3.8, 4) is 11.1 Å². The molecule has 0 radical (unpaired) electrons. The SMILES string of the molecule is CCCNC(=O)/C(N)=C(\NC)c1cccc(-c2ccc3[nH]ccc3c2)c1N. The highest BCUT2D eigenvalue weighted by atomic mass is 16.2. The summed E-state index contributed by atoms with van der Waals surface area (Å²) in [5.74, 6) is -0.306. The van der Waals surface area contributed by atoms with Crippen molar-refractivity contribution in [2.24, 2.45) is 5.73 Å². The van der Waals surface area contributed by atoms with Crippen molar-refractivity contribution in [2.45, 2.75) is 13.3 Å². The number of fused-ring (bicyclic) bond motifs is 1. The van der Waals surface area contributed by atoms with E-state index in [1.165, 1.54) is 0 Å². The van der Waals surface area contributed by atoms with Gasteiger partial charge in [0.25, 0.3) is 5.91 Å². The summed E-state index contributed by atoms with van der Waals surface area (Å²) in [6.07, 6.45) is 2.75. The number of hydrogen-bond acceptors (Lipinski definition) is 4. The van der Waals surface area contributed by atoms with E-state index in [1.54, 1.807) is 7.05 Å². The van der Waals surface area contributed by atoms with E-state index in [0.29, 0.717) is 23.5 Å². The minimum Gasteiger partial charge on any atom is -0.398 e. The first-order valence-electron chi connectivity index (χ1n) is 8.98. The molecule has 6 heteroatoms. The number of para-hydroxylation sites is 1. The molecule has 0 saturated heterocycles. The normalized spacial score (nSPS) is 11.9. The zero-order chi connectivity index (χ0) is 19.4. The van der Waals surface area contributed by atoms with E-state index in [-0.39, 0.29) is 11.6 Å². The Balaban J connectivity index is 2.06. The van der Waals surface area contributed by atoms with Gasteiger partial charge < -0.3 is 27.1 Å². The van der Waals surface area contributed by atoms with Gasteiger partial charge in [-0.2, -0.15) is 0 Å². The number of nitrogens with one attached hydrogen (secondary N) is 3. The molecule has 1 amide bonds. The fourth-order valence-corrected chi connectivity index (χ4v) is 3.12. The first-order chi connectivity index (χ1) is 13.1. The molecular weight excluding hydrogens is 338 g/mol. The number of benzene rings is 2. The van der Waals surface area contributed by atoms with Crippen LogP contribution >= 0.6 is 0 Å². The molecule has 0 aliphatic rings. The maximum atomic E-state index is 12.3. The lowest BCUT2D eigenvalue weighted by Gasteiger charge is -2.16. The van der Waals surface area contributed by atoms with E-state index in [4.69, 9.17) is 11.5 Å². The Kier molecular flexibility index (Phi) is 5.35. The Bertz CT molecular complexity index is 1000. The molecule has 0 unspecified atom stereocenters. The molecular formula is C21H25N5O. The maximum absolute atomic E-state index is 12.3. The van der Waals surface area contributed by atoms with Gasteiger partial charge in [0.2, 0.25) is 0 Å². The molecule has 3 aromatic rings. The minimum absolute atomic E-state index is 0.121. The highest BCUT2D eigenvalue weighted by molar-refractivity contribution is 6.02. The lowest BCUT2D eigenvalue weighted by Crippen LogP contribution is -2.32. The molecule has 0 spiro atoms. The van der Waals surface area contributed by atoms with Crippen molar-refractivity contribution >= 4 is 28.2 Å². The summed E-state index contributed by atoms with van der Waals surface area (Å²) in [4.78, 5) is 15.5. The third-order valence-electron chi connectivity index (χ3n) is 4.54. The average molecular weight is 363 g/mol. The van der Waals surface area contributed by atoms with Gasteiger partial charge in [-0.25, -0.2) is 0 Å². The largest absolute Gasteiger partial charge is 0.398 e. The zero-order valence-corrected chi connectivity index (χ0v) is 15.6. The molecule has 3 rings (SSSR count). The first kappa shape index (κ1) is 18.4. The van der Waals surface area contributed by atoms with Crippen LogP contribution in [0.5, 0.6) is 0 Å². The van der Waals surface area contributed by atoms with Crippen LogP contribution in [0.4, 0.5) is 5.69 Å². The molecule has 6 nitrogen and oxygen atoms in total. The van der Waals surface area contributed by atoms with Gasteiger partial charge in [-0.1, -0.05) is 31.2 Å². The van der Waals surface area contributed by atoms with Crippen LogP contribution in [-0.4, -0.2) is 24.5 Å². The number of carbonyl (C=O) groups is 1. The summed E-state index contributed by atoms with van der Waals surface area (Å²) in [6.45, 7) is 2.56. The quantitative estimate of drug-likeness (QED) is 0.343. The number of aromatic nitrogens is 1. The fourth-order valence-electron chi connectivity index (χ4n) is 3.12.